The number of carbonyl (C=O) groups is 2. The predicted octanol–water partition coefficient (Wildman–Crippen LogP) is 1.84. The van der Waals surface area contributed by atoms with Gasteiger partial charge in [-0.25, -0.2) is 9.59 Å². The molecule has 4 nitrogen and oxygen atoms in total. The van der Waals surface area contributed by atoms with Gasteiger partial charge < -0.3 is 9.47 Å². The fourth-order valence-electron chi connectivity index (χ4n) is 0.946. The lowest BCUT2D eigenvalue weighted by Crippen LogP contribution is -2.20. The summed E-state index contributed by atoms with van der Waals surface area (Å²) >= 11 is 0. The molecule has 0 heterocycles. The van der Waals surface area contributed by atoms with Crippen LogP contribution < -0.4 is 0 Å². The molecule has 0 bridgehead atoms. The summed E-state index contributed by atoms with van der Waals surface area (Å²) in [6.07, 6.45) is 5.42. The Balaban J connectivity index is 3.47. The first kappa shape index (κ1) is 13.7. The molecule has 0 aliphatic rings. The molecule has 0 spiro atoms. The van der Waals surface area contributed by atoms with E-state index in [1.54, 1.807) is 0 Å². The fourth-order valence-corrected chi connectivity index (χ4v) is 0.946. The van der Waals surface area contributed by atoms with Gasteiger partial charge in [0.25, 0.3) is 0 Å². The maximum Gasteiger partial charge on any atom is 0.417 e. The monoisotopic (exact) mass is 214 g/mol. The minimum atomic E-state index is -0.953. The number of carbonyl (C=O) groups excluding carboxylic acids is 2. The number of unbranched alkanes of at least 4 members (excludes halogenated alkanes) is 3. The lowest BCUT2D eigenvalue weighted by atomic mass is 10.2. The summed E-state index contributed by atoms with van der Waals surface area (Å²) in [4.78, 5) is 21.8. The Morgan fingerprint density at radius 2 is 1.80 bits per heavy atom. The van der Waals surface area contributed by atoms with Gasteiger partial charge in [0.1, 0.15) is 6.61 Å². The van der Waals surface area contributed by atoms with E-state index in [1.807, 2.05) is 0 Å². The molecule has 0 radical (unpaired) electrons. The molecule has 0 aromatic carbocycles. The number of rotatable bonds is 7. The largest absolute Gasteiger partial charge is 0.457 e. The van der Waals surface area contributed by atoms with E-state index in [0.717, 1.165) is 25.7 Å². The zero-order valence-corrected chi connectivity index (χ0v) is 9.16. The maximum atomic E-state index is 11.0. The third kappa shape index (κ3) is 7.73. The molecule has 0 saturated carbocycles. The Morgan fingerprint density at radius 1 is 1.13 bits per heavy atom. The van der Waals surface area contributed by atoms with Gasteiger partial charge in [-0.05, 0) is 6.42 Å². The molecule has 4 heteroatoms. The molecule has 15 heavy (non-hydrogen) atoms. The second-order valence-corrected chi connectivity index (χ2v) is 3.08. The minimum absolute atomic E-state index is 0.0315. The highest BCUT2D eigenvalue weighted by atomic mass is 16.6. The molecule has 0 amide bonds. The lowest BCUT2D eigenvalue weighted by molar-refractivity contribution is -0.167. The molecule has 0 unspecified atom stereocenters. The van der Waals surface area contributed by atoms with Gasteiger partial charge in [-0.1, -0.05) is 38.8 Å². The fraction of sp³-hybridized carbons (Fsp3) is 0.636. The van der Waals surface area contributed by atoms with Gasteiger partial charge in [0, 0.05) is 0 Å². The van der Waals surface area contributed by atoms with Crippen molar-refractivity contribution in [2.45, 2.75) is 32.6 Å². The van der Waals surface area contributed by atoms with Crippen LogP contribution in [0.5, 0.6) is 0 Å². The summed E-state index contributed by atoms with van der Waals surface area (Å²) in [5, 5.41) is 0. The molecule has 0 aromatic rings. The molecule has 0 fully saturated rings. The van der Waals surface area contributed by atoms with Gasteiger partial charge in [-0.2, -0.15) is 0 Å². The van der Waals surface area contributed by atoms with Crippen molar-refractivity contribution in [2.24, 2.45) is 0 Å². The van der Waals surface area contributed by atoms with Crippen LogP contribution in [0.3, 0.4) is 0 Å². The summed E-state index contributed by atoms with van der Waals surface area (Å²) in [7, 11) is 0. The normalized spacial score (nSPS) is 9.40. The van der Waals surface area contributed by atoms with E-state index in [4.69, 9.17) is 4.74 Å². The van der Waals surface area contributed by atoms with Gasteiger partial charge in [-0.3, -0.25) is 0 Å². The number of ether oxygens (including phenoxy) is 2. The summed E-state index contributed by atoms with van der Waals surface area (Å²) in [6.45, 7) is 5.77. The molecular weight excluding hydrogens is 196 g/mol. The first-order chi connectivity index (χ1) is 7.22. The van der Waals surface area contributed by atoms with Gasteiger partial charge in [0.2, 0.25) is 0 Å². The zero-order valence-electron chi connectivity index (χ0n) is 9.16. The smallest absolute Gasteiger partial charge is 0.417 e. The molecule has 0 rings (SSSR count). The van der Waals surface area contributed by atoms with Crippen LogP contribution in [0, 0.1) is 0 Å². The van der Waals surface area contributed by atoms with Crippen LogP contribution in [-0.2, 0) is 19.1 Å². The number of hydrogen-bond donors (Lipinski definition) is 0. The third-order valence-electron chi connectivity index (χ3n) is 1.73. The van der Waals surface area contributed by atoms with Crippen molar-refractivity contribution in [3.8, 4) is 0 Å². The highest BCUT2D eigenvalue weighted by molar-refractivity contribution is 6.29. The second kappa shape index (κ2) is 9.24. The van der Waals surface area contributed by atoms with Crippen molar-refractivity contribution in [3.63, 3.8) is 0 Å². The molecular formula is C11H18O4. The SMILES string of the molecule is C=CCOC(=O)C(=O)OCCCCCC. The Morgan fingerprint density at radius 3 is 2.40 bits per heavy atom. The highest BCUT2D eigenvalue weighted by Gasteiger charge is 2.15. The molecule has 86 valence electrons. The van der Waals surface area contributed by atoms with Crippen molar-refractivity contribution in [2.75, 3.05) is 13.2 Å². The third-order valence-corrected chi connectivity index (χ3v) is 1.73. The molecule has 0 aromatic heterocycles. The topological polar surface area (TPSA) is 52.6 Å². The van der Waals surface area contributed by atoms with Crippen LogP contribution in [0.1, 0.15) is 32.6 Å². The summed E-state index contributed by atoms with van der Waals surface area (Å²) in [5.74, 6) is -1.88. The zero-order chi connectivity index (χ0) is 11.5. The maximum absolute atomic E-state index is 11.0. The minimum Gasteiger partial charge on any atom is -0.457 e. The predicted molar refractivity (Wildman–Crippen MR) is 56.3 cm³/mol. The van der Waals surface area contributed by atoms with Crippen molar-refractivity contribution in [1.82, 2.24) is 0 Å². The van der Waals surface area contributed by atoms with Gasteiger partial charge >= 0.3 is 11.9 Å². The molecule has 0 aliphatic heterocycles. The Bertz CT molecular complexity index is 211. The lowest BCUT2D eigenvalue weighted by Gasteiger charge is -2.03. The van der Waals surface area contributed by atoms with Crippen molar-refractivity contribution in [3.05, 3.63) is 12.7 Å². The van der Waals surface area contributed by atoms with Crippen LogP contribution in [0.4, 0.5) is 0 Å². The van der Waals surface area contributed by atoms with Gasteiger partial charge in [0.05, 0.1) is 6.61 Å². The Hall–Kier alpha value is -1.32. The number of hydrogen-bond acceptors (Lipinski definition) is 4. The van der Waals surface area contributed by atoms with E-state index >= 15 is 0 Å². The first-order valence-corrected chi connectivity index (χ1v) is 5.17. The van der Waals surface area contributed by atoms with Crippen molar-refractivity contribution >= 4 is 11.9 Å². The van der Waals surface area contributed by atoms with Crippen LogP contribution in [0.25, 0.3) is 0 Å². The van der Waals surface area contributed by atoms with E-state index in [0.29, 0.717) is 0 Å². The highest BCUT2D eigenvalue weighted by Crippen LogP contribution is 1.99. The van der Waals surface area contributed by atoms with E-state index in [1.165, 1.54) is 6.08 Å². The average molecular weight is 214 g/mol. The molecule has 0 saturated heterocycles. The van der Waals surface area contributed by atoms with E-state index in [-0.39, 0.29) is 13.2 Å². The number of esters is 2. The quantitative estimate of drug-likeness (QED) is 0.281. The summed E-state index contributed by atoms with van der Waals surface area (Å²) < 4.78 is 9.20. The summed E-state index contributed by atoms with van der Waals surface area (Å²) in [5.41, 5.74) is 0. The average Bonchev–Trinajstić information content (AvgIpc) is 2.25. The van der Waals surface area contributed by atoms with Crippen molar-refractivity contribution < 1.29 is 19.1 Å². The van der Waals surface area contributed by atoms with Crippen LogP contribution in [-0.4, -0.2) is 25.2 Å². The Kier molecular flexibility index (Phi) is 8.43. The second-order valence-electron chi connectivity index (χ2n) is 3.08. The molecule has 0 aliphatic carbocycles. The molecule has 0 atom stereocenters. The van der Waals surface area contributed by atoms with E-state index in [2.05, 4.69) is 18.2 Å². The first-order valence-electron chi connectivity index (χ1n) is 5.17. The Labute approximate surface area is 90.2 Å². The standard InChI is InChI=1S/C11H18O4/c1-3-5-6-7-9-15-11(13)10(12)14-8-4-2/h4H,2-3,5-9H2,1H3. The van der Waals surface area contributed by atoms with E-state index < -0.39 is 11.9 Å². The van der Waals surface area contributed by atoms with Gasteiger partial charge in [0.15, 0.2) is 0 Å². The molecule has 0 N–H and O–H groups in total. The summed E-state index contributed by atoms with van der Waals surface area (Å²) in [6, 6.07) is 0. The van der Waals surface area contributed by atoms with Gasteiger partial charge in [-0.15, -0.1) is 0 Å². The van der Waals surface area contributed by atoms with Crippen LogP contribution in [0.15, 0.2) is 12.7 Å². The van der Waals surface area contributed by atoms with Crippen LogP contribution >= 0.6 is 0 Å². The van der Waals surface area contributed by atoms with Crippen molar-refractivity contribution in [1.29, 1.82) is 0 Å². The van der Waals surface area contributed by atoms with E-state index in [9.17, 15) is 9.59 Å². The van der Waals surface area contributed by atoms with Crippen LogP contribution in [0.2, 0.25) is 0 Å².